The van der Waals surface area contributed by atoms with Gasteiger partial charge in [-0.05, 0) is 49.9 Å². The molecule has 2 atom stereocenters. The summed E-state index contributed by atoms with van der Waals surface area (Å²) in [4.78, 5) is 0. The third-order valence-electron chi connectivity index (χ3n) is 10.5. The fourth-order valence-electron chi connectivity index (χ4n) is 8.16. The van der Waals surface area contributed by atoms with Crippen LogP contribution in [0.5, 0.6) is 11.5 Å². The number of allylic oxidation sites excluding steroid dienone is 2. The molecule has 2 nitrogen and oxygen atoms in total. The largest absolute Gasteiger partial charge is 0.507 e. The van der Waals surface area contributed by atoms with Gasteiger partial charge >= 0.3 is 174 Å². The summed E-state index contributed by atoms with van der Waals surface area (Å²) >= 11 is -3.31. The van der Waals surface area contributed by atoms with Crippen molar-refractivity contribution in [2.24, 2.45) is 0 Å². The van der Waals surface area contributed by atoms with E-state index in [-0.39, 0.29) is 0 Å². The molecule has 0 bridgehead atoms. The van der Waals surface area contributed by atoms with Gasteiger partial charge in [0, 0.05) is 0 Å². The van der Waals surface area contributed by atoms with Crippen molar-refractivity contribution >= 4 is 19.0 Å². The maximum atomic E-state index is 9.21. The van der Waals surface area contributed by atoms with E-state index in [2.05, 4.69) is 94.1 Å². The Morgan fingerprint density at radius 3 is 1.02 bits per heavy atom. The third kappa shape index (κ3) is 6.71. The normalized spacial score (nSPS) is 16.7. The fraction of sp³-hybridized carbons (Fsp3) is 0.333. The van der Waals surface area contributed by atoms with E-state index >= 15 is 0 Å². The van der Waals surface area contributed by atoms with Gasteiger partial charge in [-0.2, -0.15) is 0 Å². The first kappa shape index (κ1) is 35.9. The second-order valence-corrected chi connectivity index (χ2v) is 45.6. The van der Waals surface area contributed by atoms with Crippen molar-refractivity contribution in [1.29, 1.82) is 0 Å². The van der Waals surface area contributed by atoms with Gasteiger partial charge in [0.05, 0.1) is 0 Å². The van der Waals surface area contributed by atoms with Crippen LogP contribution in [0.25, 0.3) is 12.2 Å². The number of phenols is 2. The van der Waals surface area contributed by atoms with Gasteiger partial charge in [-0.15, -0.1) is 0 Å². The quantitative estimate of drug-likeness (QED) is 0.203. The van der Waals surface area contributed by atoms with Crippen LogP contribution in [0.1, 0.15) is 87.9 Å². The first-order valence-corrected chi connectivity index (χ1v) is 30.2. The van der Waals surface area contributed by atoms with Crippen molar-refractivity contribution in [3.8, 4) is 11.5 Å². The second kappa shape index (κ2) is 13.3. The number of benzene rings is 4. The van der Waals surface area contributed by atoms with Crippen LogP contribution in [-0.2, 0) is 17.4 Å². The van der Waals surface area contributed by atoms with Gasteiger partial charge in [0.15, 0.2) is 0 Å². The van der Waals surface area contributed by atoms with E-state index in [9.17, 15) is 10.2 Å². The predicted octanol–water partition coefficient (Wildman–Crippen LogP) is 10.9. The minimum absolute atomic E-state index is 0.414. The Bertz CT molecular complexity index is 1780. The maximum Gasteiger partial charge on any atom is 0.121 e. The average Bonchev–Trinajstić information content (AvgIpc) is 3.55. The molecule has 6 rings (SSSR count). The summed E-state index contributed by atoms with van der Waals surface area (Å²) in [6.45, 7) is 24.0. The molecule has 0 spiro atoms. The zero-order valence-corrected chi connectivity index (χ0v) is 34.1. The minimum atomic E-state index is -3.31. The van der Waals surface area contributed by atoms with Crippen LogP contribution in [-0.4, -0.2) is 17.1 Å². The van der Waals surface area contributed by atoms with E-state index in [4.69, 9.17) is 0 Å². The number of hydrogen-bond donors (Lipinski definition) is 2. The number of aromatic hydroxyl groups is 2. The zero-order chi connectivity index (χ0) is 34.3. The summed E-state index contributed by atoms with van der Waals surface area (Å²) < 4.78 is 6.73. The smallest absolute Gasteiger partial charge is 0.121 e. The van der Waals surface area contributed by atoms with Gasteiger partial charge in [0.2, 0.25) is 0 Å². The molecule has 2 N–H and O–H groups in total. The molecule has 0 aromatic heterocycles. The summed E-state index contributed by atoms with van der Waals surface area (Å²) in [5.74, 6) is 0.829. The first-order chi connectivity index (χ1) is 21.4. The summed E-state index contributed by atoms with van der Waals surface area (Å²) in [6.07, 6.45) is 5.02. The van der Waals surface area contributed by atoms with Gasteiger partial charge < -0.3 is 10.2 Å². The predicted molar refractivity (Wildman–Crippen MR) is 200 cm³/mol. The number of aryl methyl sites for hydroxylation is 8. The van der Waals surface area contributed by atoms with E-state index in [1.165, 1.54) is 33.4 Å². The Morgan fingerprint density at radius 2 is 0.739 bits per heavy atom. The summed E-state index contributed by atoms with van der Waals surface area (Å²) in [5, 5.41) is 18.4. The standard InChI is InChI=1S/2C12H13.2C8H10O.2CH3.H2Si.Zr/c2*1-8-6-11-9(2)4-5-10(3)12(11)7-8;2*1-6-4-3-5-7(2)8(6)9;;;;/h2*4-7H,1-3H3;2*3-5,9H,1-2H3;2*1H3;1H2;. The molecule has 0 radical (unpaired) electrons. The van der Waals surface area contributed by atoms with Crippen LogP contribution in [0, 0.1) is 55.4 Å². The molecule has 4 aromatic carbocycles. The molecular formula is C42H54O2SiZr. The Labute approximate surface area is 280 Å². The van der Waals surface area contributed by atoms with E-state index in [1.807, 2.05) is 64.1 Å². The molecule has 0 fully saturated rings. The third-order valence-corrected chi connectivity index (χ3v) is 28.3. The molecule has 242 valence electrons. The SMILES string of the molecule is CC1=Cc2c(C)ccc(C)c2[CH]1[Zr]([CH3])([CH3])(=[SiH2])[CH]1C(C)=Cc2c(C)ccc(C)c21.Cc1cccc(C)c1O.Cc1cccc(C)c1O. The molecule has 4 aromatic rings. The molecule has 2 aliphatic carbocycles. The Balaban J connectivity index is 0.000000216. The van der Waals surface area contributed by atoms with Crippen molar-refractivity contribution in [1.82, 2.24) is 0 Å². The van der Waals surface area contributed by atoms with Gasteiger partial charge in [-0.3, -0.25) is 0 Å². The van der Waals surface area contributed by atoms with Crippen LogP contribution in [0.4, 0.5) is 0 Å². The van der Waals surface area contributed by atoms with Crippen molar-refractivity contribution in [3.05, 3.63) is 139 Å². The maximum absolute atomic E-state index is 9.21. The number of para-hydroxylation sites is 2. The van der Waals surface area contributed by atoms with Crippen LogP contribution in [0.2, 0.25) is 9.26 Å². The van der Waals surface area contributed by atoms with Gasteiger partial charge in [0.1, 0.15) is 11.5 Å². The molecule has 4 heteroatoms. The fourth-order valence-corrected chi connectivity index (χ4v) is 29.5. The molecule has 0 saturated heterocycles. The molecular weight excluding hydrogens is 656 g/mol. The van der Waals surface area contributed by atoms with Crippen molar-refractivity contribution in [3.63, 3.8) is 0 Å². The first-order valence-electron chi connectivity index (χ1n) is 16.5. The summed E-state index contributed by atoms with van der Waals surface area (Å²) in [5.41, 5.74) is 19.1. The second-order valence-electron chi connectivity index (χ2n) is 15.1. The van der Waals surface area contributed by atoms with Crippen molar-refractivity contribution < 1.29 is 27.6 Å². The van der Waals surface area contributed by atoms with E-state index in [0.717, 1.165) is 22.3 Å². The molecule has 0 aliphatic heterocycles. The molecule has 0 heterocycles. The summed E-state index contributed by atoms with van der Waals surface area (Å²) in [6, 6.07) is 20.7. The van der Waals surface area contributed by atoms with Gasteiger partial charge in [-0.1, -0.05) is 36.4 Å². The van der Waals surface area contributed by atoms with Crippen molar-refractivity contribution in [2.75, 3.05) is 0 Å². The molecule has 46 heavy (non-hydrogen) atoms. The van der Waals surface area contributed by atoms with Crippen LogP contribution in [0.15, 0.2) is 71.8 Å². The van der Waals surface area contributed by atoms with E-state index in [0.29, 0.717) is 18.8 Å². The number of fused-ring (bicyclic) bond motifs is 2. The van der Waals surface area contributed by atoms with Crippen molar-refractivity contribution in [2.45, 2.75) is 85.8 Å². The van der Waals surface area contributed by atoms with E-state index in [1.54, 1.807) is 22.3 Å². The average molecular weight is 710 g/mol. The van der Waals surface area contributed by atoms with Crippen LogP contribution < -0.4 is 0 Å². The molecule has 2 aliphatic rings. The minimum Gasteiger partial charge on any atom is -0.507 e. The molecule has 2 unspecified atom stereocenters. The molecule has 0 amide bonds. The van der Waals surface area contributed by atoms with Crippen LogP contribution >= 0.6 is 0 Å². The molecule has 0 saturated carbocycles. The topological polar surface area (TPSA) is 40.5 Å². The monoisotopic (exact) mass is 708 g/mol. The Hall–Kier alpha value is -2.94. The number of rotatable bonds is 2. The summed E-state index contributed by atoms with van der Waals surface area (Å²) in [7, 11) is 0. The van der Waals surface area contributed by atoms with Gasteiger partial charge in [-0.25, -0.2) is 0 Å². The van der Waals surface area contributed by atoms with E-state index < -0.39 is 17.4 Å². The van der Waals surface area contributed by atoms with Crippen LogP contribution in [0.3, 0.4) is 0 Å². The number of hydrogen-bond acceptors (Lipinski definition) is 2. The Morgan fingerprint density at radius 1 is 0.457 bits per heavy atom. The van der Waals surface area contributed by atoms with Gasteiger partial charge in [0.25, 0.3) is 0 Å². The zero-order valence-electron chi connectivity index (χ0n) is 30.2. The number of phenolic OH excluding ortho intramolecular Hbond substituents is 2. The Kier molecular flexibility index (Phi) is 10.4.